The Bertz CT molecular complexity index is 773. The number of anilines is 2. The van der Waals surface area contributed by atoms with E-state index in [0.29, 0.717) is 0 Å². The van der Waals surface area contributed by atoms with Gasteiger partial charge in [0.05, 0.1) is 5.69 Å². The molecule has 0 aliphatic rings. The molecule has 0 saturated carbocycles. The SMILES string of the molecule is CC(C)(C)OC(=O)Nc1ccc(NC(=O)OCc2ccccc2)c(F)c1. The van der Waals surface area contributed by atoms with Gasteiger partial charge in [0.15, 0.2) is 0 Å². The minimum atomic E-state index is -0.777. The van der Waals surface area contributed by atoms with Crippen LogP contribution in [0.5, 0.6) is 0 Å². The van der Waals surface area contributed by atoms with E-state index in [4.69, 9.17) is 9.47 Å². The zero-order valence-corrected chi connectivity index (χ0v) is 14.8. The fourth-order valence-electron chi connectivity index (χ4n) is 1.98. The summed E-state index contributed by atoms with van der Waals surface area (Å²) in [6.45, 7) is 5.25. The zero-order valence-electron chi connectivity index (χ0n) is 14.8. The van der Waals surface area contributed by atoms with Crippen LogP contribution in [0.25, 0.3) is 0 Å². The number of rotatable bonds is 4. The van der Waals surface area contributed by atoms with Crippen molar-refractivity contribution in [1.29, 1.82) is 0 Å². The summed E-state index contributed by atoms with van der Waals surface area (Å²) >= 11 is 0. The van der Waals surface area contributed by atoms with E-state index in [1.807, 2.05) is 30.3 Å². The molecule has 2 aromatic carbocycles. The van der Waals surface area contributed by atoms with E-state index in [-0.39, 0.29) is 18.0 Å². The molecule has 2 N–H and O–H groups in total. The Morgan fingerprint density at radius 2 is 1.69 bits per heavy atom. The molecule has 0 heterocycles. The average Bonchev–Trinajstić information content (AvgIpc) is 2.55. The quantitative estimate of drug-likeness (QED) is 0.811. The third kappa shape index (κ3) is 6.43. The summed E-state index contributed by atoms with van der Waals surface area (Å²) in [6, 6.07) is 13.0. The van der Waals surface area contributed by atoms with Crippen molar-refractivity contribution in [2.75, 3.05) is 10.6 Å². The molecular weight excluding hydrogens is 339 g/mol. The Hall–Kier alpha value is -3.09. The van der Waals surface area contributed by atoms with Crippen LogP contribution in [0.4, 0.5) is 25.4 Å². The number of benzene rings is 2. The molecule has 0 radical (unpaired) electrons. The molecule has 0 aromatic heterocycles. The summed E-state index contributed by atoms with van der Waals surface area (Å²) in [5.41, 5.74) is 0.310. The fraction of sp³-hybridized carbons (Fsp3) is 0.263. The number of nitrogens with one attached hydrogen (secondary N) is 2. The first-order valence-electron chi connectivity index (χ1n) is 8.00. The average molecular weight is 360 g/mol. The van der Waals surface area contributed by atoms with Crippen molar-refractivity contribution >= 4 is 23.6 Å². The standard InChI is InChI=1S/C19H21FN2O4/c1-19(2,3)26-18(24)21-14-9-10-16(15(20)11-14)22-17(23)25-12-13-7-5-4-6-8-13/h4-11H,12H2,1-3H3,(H,21,24)(H,22,23). The molecule has 0 aliphatic heterocycles. The van der Waals surface area contributed by atoms with Gasteiger partial charge in [-0.2, -0.15) is 0 Å². The van der Waals surface area contributed by atoms with Gasteiger partial charge in [0.1, 0.15) is 18.0 Å². The normalized spacial score (nSPS) is 10.8. The van der Waals surface area contributed by atoms with Crippen molar-refractivity contribution < 1.29 is 23.5 Å². The fourth-order valence-corrected chi connectivity index (χ4v) is 1.98. The van der Waals surface area contributed by atoms with E-state index in [1.165, 1.54) is 12.1 Å². The molecule has 2 rings (SSSR count). The number of ether oxygens (including phenoxy) is 2. The topological polar surface area (TPSA) is 76.7 Å². The molecule has 7 heteroatoms. The first-order valence-corrected chi connectivity index (χ1v) is 8.00. The summed E-state index contributed by atoms with van der Waals surface area (Å²) < 4.78 is 24.2. The van der Waals surface area contributed by atoms with Gasteiger partial charge in [-0.25, -0.2) is 14.0 Å². The van der Waals surface area contributed by atoms with Crippen molar-refractivity contribution in [2.24, 2.45) is 0 Å². The first-order chi connectivity index (χ1) is 12.2. The molecule has 0 bridgehead atoms. The van der Waals surface area contributed by atoms with E-state index in [1.54, 1.807) is 20.8 Å². The molecule has 2 aromatic rings. The van der Waals surface area contributed by atoms with Gasteiger partial charge >= 0.3 is 12.2 Å². The molecule has 6 nitrogen and oxygen atoms in total. The molecule has 0 atom stereocenters. The van der Waals surface area contributed by atoms with Crippen LogP contribution in [0.1, 0.15) is 26.3 Å². The molecule has 0 aliphatic carbocycles. The summed E-state index contributed by atoms with van der Waals surface area (Å²) in [5, 5.41) is 4.74. The Kier molecular flexibility index (Phi) is 6.16. The van der Waals surface area contributed by atoms with Gasteiger partial charge in [-0.3, -0.25) is 10.6 Å². The van der Waals surface area contributed by atoms with Crippen LogP contribution in [0.15, 0.2) is 48.5 Å². The van der Waals surface area contributed by atoms with Crippen LogP contribution in [-0.4, -0.2) is 17.8 Å². The highest BCUT2D eigenvalue weighted by Gasteiger charge is 2.17. The Morgan fingerprint density at radius 3 is 2.31 bits per heavy atom. The van der Waals surface area contributed by atoms with Crippen LogP contribution < -0.4 is 10.6 Å². The Labute approximate surface area is 151 Å². The Morgan fingerprint density at radius 1 is 1.00 bits per heavy atom. The summed E-state index contributed by atoms with van der Waals surface area (Å²) in [5.74, 6) is -0.713. The first kappa shape index (κ1) is 19.2. The van der Waals surface area contributed by atoms with Crippen LogP contribution in [0.2, 0.25) is 0 Å². The van der Waals surface area contributed by atoms with Gasteiger partial charge in [-0.15, -0.1) is 0 Å². The molecule has 0 fully saturated rings. The van der Waals surface area contributed by atoms with Crippen LogP contribution in [0.3, 0.4) is 0 Å². The molecule has 2 amide bonds. The molecule has 138 valence electrons. The lowest BCUT2D eigenvalue weighted by atomic mass is 10.2. The minimum Gasteiger partial charge on any atom is -0.444 e. The van der Waals surface area contributed by atoms with Gasteiger partial charge in [-0.1, -0.05) is 30.3 Å². The van der Waals surface area contributed by atoms with Gasteiger partial charge in [0.2, 0.25) is 0 Å². The third-order valence-electron chi connectivity index (χ3n) is 3.06. The molecule has 26 heavy (non-hydrogen) atoms. The molecular formula is C19H21FN2O4. The summed E-state index contributed by atoms with van der Waals surface area (Å²) in [6.07, 6.45) is -1.47. The minimum absolute atomic E-state index is 0.0576. The molecule has 0 unspecified atom stereocenters. The van der Waals surface area contributed by atoms with Crippen LogP contribution in [0, 0.1) is 5.82 Å². The second kappa shape index (κ2) is 8.33. The predicted octanol–water partition coefficient (Wildman–Crippen LogP) is 4.92. The van der Waals surface area contributed by atoms with Crippen LogP contribution >= 0.6 is 0 Å². The number of carbonyl (C=O) groups excluding carboxylic acids is 2. The highest BCUT2D eigenvalue weighted by atomic mass is 19.1. The highest BCUT2D eigenvalue weighted by Crippen LogP contribution is 2.20. The number of hydrogen-bond donors (Lipinski definition) is 2. The summed E-state index contributed by atoms with van der Waals surface area (Å²) in [4.78, 5) is 23.4. The number of amides is 2. The lowest BCUT2D eigenvalue weighted by molar-refractivity contribution is 0.0636. The van der Waals surface area contributed by atoms with E-state index < -0.39 is 23.6 Å². The second-order valence-electron chi connectivity index (χ2n) is 6.51. The van der Waals surface area contributed by atoms with E-state index in [2.05, 4.69) is 10.6 Å². The van der Waals surface area contributed by atoms with Crippen molar-refractivity contribution in [3.8, 4) is 0 Å². The van der Waals surface area contributed by atoms with Gasteiger partial charge in [-0.05, 0) is 44.5 Å². The van der Waals surface area contributed by atoms with E-state index >= 15 is 0 Å². The lowest BCUT2D eigenvalue weighted by Crippen LogP contribution is -2.27. The van der Waals surface area contributed by atoms with Crippen molar-refractivity contribution in [3.63, 3.8) is 0 Å². The van der Waals surface area contributed by atoms with Crippen LogP contribution in [-0.2, 0) is 16.1 Å². The predicted molar refractivity (Wildman–Crippen MR) is 96.5 cm³/mol. The second-order valence-corrected chi connectivity index (χ2v) is 6.51. The zero-order chi connectivity index (χ0) is 19.2. The number of carbonyl (C=O) groups is 2. The maximum absolute atomic E-state index is 14.1. The lowest BCUT2D eigenvalue weighted by Gasteiger charge is -2.19. The third-order valence-corrected chi connectivity index (χ3v) is 3.06. The number of halogens is 1. The van der Waals surface area contributed by atoms with Gasteiger partial charge in [0, 0.05) is 5.69 Å². The smallest absolute Gasteiger partial charge is 0.412 e. The van der Waals surface area contributed by atoms with E-state index in [0.717, 1.165) is 11.6 Å². The van der Waals surface area contributed by atoms with Gasteiger partial charge < -0.3 is 9.47 Å². The maximum atomic E-state index is 14.1. The molecule has 0 spiro atoms. The highest BCUT2D eigenvalue weighted by molar-refractivity contribution is 5.87. The largest absolute Gasteiger partial charge is 0.444 e. The molecule has 0 saturated heterocycles. The van der Waals surface area contributed by atoms with Gasteiger partial charge in [0.25, 0.3) is 0 Å². The monoisotopic (exact) mass is 360 g/mol. The van der Waals surface area contributed by atoms with Crippen molar-refractivity contribution in [2.45, 2.75) is 33.0 Å². The van der Waals surface area contributed by atoms with E-state index in [9.17, 15) is 14.0 Å². The number of hydrogen-bond acceptors (Lipinski definition) is 4. The maximum Gasteiger partial charge on any atom is 0.412 e. The van der Waals surface area contributed by atoms with Crippen molar-refractivity contribution in [1.82, 2.24) is 0 Å². The van der Waals surface area contributed by atoms with Crippen molar-refractivity contribution in [3.05, 3.63) is 59.9 Å². The Balaban J connectivity index is 1.90. The summed E-state index contributed by atoms with van der Waals surface area (Å²) in [7, 11) is 0.